The van der Waals surface area contributed by atoms with E-state index in [0.717, 1.165) is 32.5 Å². The summed E-state index contributed by atoms with van der Waals surface area (Å²) in [6, 6.07) is 19.6. The number of benzene rings is 2. The second-order valence-electron chi connectivity index (χ2n) is 6.22. The molecule has 0 aliphatic carbocycles. The van der Waals surface area contributed by atoms with Crippen LogP contribution in [0.15, 0.2) is 94.0 Å². The zero-order chi connectivity index (χ0) is 19.3. The lowest BCUT2D eigenvalue weighted by Gasteiger charge is -2.07. The van der Waals surface area contributed by atoms with Gasteiger partial charge in [-0.3, -0.25) is 4.98 Å². The summed E-state index contributed by atoms with van der Waals surface area (Å²) in [5.41, 5.74) is 5.04. The number of hydrogen-bond acceptors (Lipinski definition) is 5. The van der Waals surface area contributed by atoms with Crippen LogP contribution in [0.3, 0.4) is 0 Å². The standard InChI is InChI=1S/C22H16BrN5/c1-15-4-2-6-19(12-15)27-28-20-14-25-22(17-5-3-11-24-13-17)26-21(20)16-7-9-18(23)10-8-16/h2-14H,1H3. The van der Waals surface area contributed by atoms with Gasteiger partial charge in [0.2, 0.25) is 0 Å². The first-order valence-electron chi connectivity index (χ1n) is 8.71. The molecule has 0 unspecified atom stereocenters. The molecule has 2 aromatic carbocycles. The van der Waals surface area contributed by atoms with E-state index in [4.69, 9.17) is 4.98 Å². The molecule has 2 aromatic heterocycles. The highest BCUT2D eigenvalue weighted by molar-refractivity contribution is 9.10. The van der Waals surface area contributed by atoms with Crippen LogP contribution in [0.25, 0.3) is 22.6 Å². The van der Waals surface area contributed by atoms with Crippen LogP contribution < -0.4 is 0 Å². The maximum atomic E-state index is 4.75. The van der Waals surface area contributed by atoms with Gasteiger partial charge in [0.05, 0.1) is 11.9 Å². The van der Waals surface area contributed by atoms with Crippen molar-refractivity contribution in [3.63, 3.8) is 0 Å². The predicted molar refractivity (Wildman–Crippen MR) is 114 cm³/mol. The molecule has 0 spiro atoms. The quantitative estimate of drug-likeness (QED) is 0.339. The van der Waals surface area contributed by atoms with E-state index in [1.54, 1.807) is 18.6 Å². The van der Waals surface area contributed by atoms with E-state index >= 15 is 0 Å². The van der Waals surface area contributed by atoms with Gasteiger partial charge in [0.15, 0.2) is 5.82 Å². The second-order valence-corrected chi connectivity index (χ2v) is 7.13. The molecule has 0 saturated heterocycles. The third-order valence-electron chi connectivity index (χ3n) is 4.08. The second kappa shape index (κ2) is 8.19. The molecule has 0 N–H and O–H groups in total. The van der Waals surface area contributed by atoms with Gasteiger partial charge in [0.1, 0.15) is 11.4 Å². The van der Waals surface area contributed by atoms with Crippen LogP contribution in [0, 0.1) is 6.92 Å². The molecule has 0 saturated carbocycles. The van der Waals surface area contributed by atoms with Gasteiger partial charge >= 0.3 is 0 Å². The van der Waals surface area contributed by atoms with Gasteiger partial charge in [-0.15, -0.1) is 5.11 Å². The predicted octanol–water partition coefficient (Wildman–Crippen LogP) is 6.69. The van der Waals surface area contributed by atoms with Crippen molar-refractivity contribution in [1.82, 2.24) is 15.0 Å². The number of rotatable bonds is 4. The monoisotopic (exact) mass is 429 g/mol. The summed E-state index contributed by atoms with van der Waals surface area (Å²) < 4.78 is 1.00. The molecule has 4 rings (SSSR count). The lowest BCUT2D eigenvalue weighted by Crippen LogP contribution is -1.93. The molecule has 6 heteroatoms. The van der Waals surface area contributed by atoms with Crippen molar-refractivity contribution in [3.05, 3.63) is 89.3 Å². The molecular weight excluding hydrogens is 414 g/mol. The summed E-state index contributed by atoms with van der Waals surface area (Å²) in [6.45, 7) is 2.03. The minimum atomic E-state index is 0.598. The topological polar surface area (TPSA) is 63.4 Å². The van der Waals surface area contributed by atoms with Crippen molar-refractivity contribution in [2.24, 2.45) is 10.2 Å². The smallest absolute Gasteiger partial charge is 0.161 e. The van der Waals surface area contributed by atoms with E-state index in [9.17, 15) is 0 Å². The van der Waals surface area contributed by atoms with Crippen LogP contribution in [-0.2, 0) is 0 Å². The van der Waals surface area contributed by atoms with Gasteiger partial charge in [0, 0.05) is 28.0 Å². The molecule has 136 valence electrons. The van der Waals surface area contributed by atoms with Gasteiger partial charge in [-0.1, -0.05) is 40.2 Å². The highest BCUT2D eigenvalue weighted by atomic mass is 79.9. The van der Waals surface area contributed by atoms with Crippen molar-refractivity contribution in [2.75, 3.05) is 0 Å². The Morgan fingerprint density at radius 1 is 0.857 bits per heavy atom. The lowest BCUT2D eigenvalue weighted by molar-refractivity contribution is 1.13. The van der Waals surface area contributed by atoms with Gasteiger partial charge in [0.25, 0.3) is 0 Å². The lowest BCUT2D eigenvalue weighted by atomic mass is 10.1. The van der Waals surface area contributed by atoms with Crippen molar-refractivity contribution >= 4 is 27.3 Å². The highest BCUT2D eigenvalue weighted by Crippen LogP contribution is 2.32. The minimum Gasteiger partial charge on any atom is -0.264 e. The summed E-state index contributed by atoms with van der Waals surface area (Å²) in [5.74, 6) is 0.598. The minimum absolute atomic E-state index is 0.598. The summed E-state index contributed by atoms with van der Waals surface area (Å²) in [4.78, 5) is 13.4. The maximum absolute atomic E-state index is 4.75. The number of hydrogen-bond donors (Lipinski definition) is 0. The Morgan fingerprint density at radius 3 is 2.46 bits per heavy atom. The highest BCUT2D eigenvalue weighted by Gasteiger charge is 2.11. The van der Waals surface area contributed by atoms with Gasteiger partial charge in [-0.2, -0.15) is 5.11 Å². The summed E-state index contributed by atoms with van der Waals surface area (Å²) in [6.07, 6.45) is 5.17. The van der Waals surface area contributed by atoms with E-state index in [1.807, 2.05) is 67.6 Å². The van der Waals surface area contributed by atoms with Crippen molar-refractivity contribution in [2.45, 2.75) is 6.92 Å². The molecule has 0 bridgehead atoms. The first-order chi connectivity index (χ1) is 13.7. The van der Waals surface area contributed by atoms with Crippen LogP contribution in [0.1, 0.15) is 5.56 Å². The first-order valence-corrected chi connectivity index (χ1v) is 9.50. The first kappa shape index (κ1) is 18.1. The number of aromatic nitrogens is 3. The molecular formula is C22H16BrN5. The fourth-order valence-electron chi connectivity index (χ4n) is 2.70. The largest absolute Gasteiger partial charge is 0.264 e. The maximum Gasteiger partial charge on any atom is 0.161 e. The Morgan fingerprint density at radius 2 is 1.71 bits per heavy atom. The molecule has 4 aromatic rings. The van der Waals surface area contributed by atoms with Crippen molar-refractivity contribution in [3.8, 4) is 22.6 Å². The van der Waals surface area contributed by atoms with E-state index in [2.05, 4.69) is 36.1 Å². The van der Waals surface area contributed by atoms with Gasteiger partial charge in [-0.25, -0.2) is 9.97 Å². The average molecular weight is 430 g/mol. The van der Waals surface area contributed by atoms with Crippen molar-refractivity contribution < 1.29 is 0 Å². The molecule has 0 aliphatic rings. The fourth-order valence-corrected chi connectivity index (χ4v) is 2.97. The van der Waals surface area contributed by atoms with Crippen molar-refractivity contribution in [1.29, 1.82) is 0 Å². The average Bonchev–Trinajstić information content (AvgIpc) is 2.73. The van der Waals surface area contributed by atoms with Crippen LogP contribution in [0.2, 0.25) is 0 Å². The molecule has 0 atom stereocenters. The van der Waals surface area contributed by atoms with Crippen LogP contribution in [0.4, 0.5) is 11.4 Å². The zero-order valence-corrected chi connectivity index (χ0v) is 16.7. The third kappa shape index (κ3) is 4.18. The number of nitrogens with zero attached hydrogens (tertiary/aromatic N) is 5. The van der Waals surface area contributed by atoms with E-state index < -0.39 is 0 Å². The zero-order valence-electron chi connectivity index (χ0n) is 15.1. The fraction of sp³-hybridized carbons (Fsp3) is 0.0455. The number of pyridine rings is 1. The van der Waals surface area contributed by atoms with Gasteiger partial charge < -0.3 is 0 Å². The molecule has 0 radical (unpaired) electrons. The Bertz CT molecular complexity index is 1130. The third-order valence-corrected chi connectivity index (χ3v) is 4.61. The Balaban J connectivity index is 1.79. The van der Waals surface area contributed by atoms with Crippen LogP contribution in [-0.4, -0.2) is 15.0 Å². The molecule has 0 aliphatic heterocycles. The summed E-state index contributed by atoms with van der Waals surface area (Å²) in [5, 5.41) is 8.79. The molecule has 2 heterocycles. The molecule has 5 nitrogen and oxygen atoms in total. The summed E-state index contributed by atoms with van der Waals surface area (Å²) in [7, 11) is 0. The van der Waals surface area contributed by atoms with Crippen LogP contribution >= 0.6 is 15.9 Å². The number of azo groups is 1. The molecule has 0 fully saturated rings. The molecule has 28 heavy (non-hydrogen) atoms. The Kier molecular flexibility index (Phi) is 5.30. The molecule has 0 amide bonds. The van der Waals surface area contributed by atoms with E-state index in [1.165, 1.54) is 0 Å². The Labute approximate surface area is 171 Å². The number of aryl methyl sites for hydroxylation is 1. The van der Waals surface area contributed by atoms with E-state index in [-0.39, 0.29) is 0 Å². The normalized spacial score (nSPS) is 11.1. The Hall–Kier alpha value is -3.25. The number of halogens is 1. The van der Waals surface area contributed by atoms with Crippen LogP contribution in [0.5, 0.6) is 0 Å². The van der Waals surface area contributed by atoms with Gasteiger partial charge in [-0.05, 0) is 48.9 Å². The van der Waals surface area contributed by atoms with E-state index in [0.29, 0.717) is 11.5 Å². The summed E-state index contributed by atoms with van der Waals surface area (Å²) >= 11 is 3.47. The SMILES string of the molecule is Cc1cccc(N=Nc2cnc(-c3cccnc3)nc2-c2ccc(Br)cc2)c1.